The van der Waals surface area contributed by atoms with Crippen molar-refractivity contribution in [2.45, 2.75) is 25.9 Å². The van der Waals surface area contributed by atoms with Gasteiger partial charge in [0.15, 0.2) is 0 Å². The van der Waals surface area contributed by atoms with Gasteiger partial charge in [0.2, 0.25) is 5.91 Å². The number of rotatable bonds is 2. The van der Waals surface area contributed by atoms with Crippen molar-refractivity contribution in [3.8, 4) is 0 Å². The molecule has 3 atom stereocenters. The highest BCUT2D eigenvalue weighted by molar-refractivity contribution is 7.11. The van der Waals surface area contributed by atoms with E-state index in [0.717, 1.165) is 30.8 Å². The van der Waals surface area contributed by atoms with Gasteiger partial charge in [-0.25, -0.2) is 0 Å². The Morgan fingerprint density at radius 2 is 2.32 bits per heavy atom. The maximum absolute atomic E-state index is 12.2. The Labute approximate surface area is 117 Å². The SMILES string of the molecule is Cc1ccsc1/C=C/C(=O)N1CC2CCC(O)C2C1. The zero-order valence-corrected chi connectivity index (χ0v) is 11.9. The van der Waals surface area contributed by atoms with E-state index in [-0.39, 0.29) is 12.0 Å². The molecule has 1 amide bonds. The summed E-state index contributed by atoms with van der Waals surface area (Å²) in [5, 5.41) is 11.9. The van der Waals surface area contributed by atoms with Crippen LogP contribution >= 0.6 is 11.3 Å². The second kappa shape index (κ2) is 5.10. The van der Waals surface area contributed by atoms with Gasteiger partial charge >= 0.3 is 0 Å². The van der Waals surface area contributed by atoms with E-state index in [1.165, 1.54) is 5.56 Å². The molecule has 1 saturated carbocycles. The average molecular weight is 277 g/mol. The number of fused-ring (bicyclic) bond motifs is 1. The summed E-state index contributed by atoms with van der Waals surface area (Å²) in [5.41, 5.74) is 1.21. The summed E-state index contributed by atoms with van der Waals surface area (Å²) >= 11 is 1.65. The molecule has 3 nitrogen and oxygen atoms in total. The molecular formula is C15H19NO2S. The van der Waals surface area contributed by atoms with E-state index >= 15 is 0 Å². The smallest absolute Gasteiger partial charge is 0.246 e. The van der Waals surface area contributed by atoms with Gasteiger partial charge in [-0.2, -0.15) is 0 Å². The lowest BCUT2D eigenvalue weighted by Gasteiger charge is -2.16. The predicted molar refractivity (Wildman–Crippen MR) is 76.9 cm³/mol. The van der Waals surface area contributed by atoms with Crippen LogP contribution in [0.5, 0.6) is 0 Å². The molecule has 0 spiro atoms. The van der Waals surface area contributed by atoms with E-state index in [1.807, 2.05) is 16.4 Å². The summed E-state index contributed by atoms with van der Waals surface area (Å²) in [6, 6.07) is 2.06. The largest absolute Gasteiger partial charge is 0.393 e. The molecule has 1 aliphatic heterocycles. The van der Waals surface area contributed by atoms with Gasteiger partial charge in [0.25, 0.3) is 0 Å². The van der Waals surface area contributed by atoms with Crippen LogP contribution in [0.2, 0.25) is 0 Å². The van der Waals surface area contributed by atoms with E-state index in [4.69, 9.17) is 0 Å². The number of nitrogens with zero attached hydrogens (tertiary/aromatic N) is 1. The second-order valence-corrected chi connectivity index (χ2v) is 6.56. The molecule has 1 aromatic rings. The molecule has 0 radical (unpaired) electrons. The Morgan fingerprint density at radius 1 is 1.47 bits per heavy atom. The number of amides is 1. The molecule has 4 heteroatoms. The van der Waals surface area contributed by atoms with E-state index < -0.39 is 0 Å². The molecule has 1 N–H and O–H groups in total. The first-order valence-corrected chi connectivity index (χ1v) is 7.72. The van der Waals surface area contributed by atoms with Crippen LogP contribution in [-0.4, -0.2) is 35.1 Å². The third kappa shape index (κ3) is 2.47. The van der Waals surface area contributed by atoms with Crippen LogP contribution in [0.3, 0.4) is 0 Å². The van der Waals surface area contributed by atoms with Crippen LogP contribution in [0, 0.1) is 18.8 Å². The van der Waals surface area contributed by atoms with Crippen LogP contribution in [0.4, 0.5) is 0 Å². The van der Waals surface area contributed by atoms with Crippen molar-refractivity contribution in [2.75, 3.05) is 13.1 Å². The lowest BCUT2D eigenvalue weighted by molar-refractivity contribution is -0.125. The molecule has 2 heterocycles. The van der Waals surface area contributed by atoms with E-state index in [0.29, 0.717) is 11.8 Å². The van der Waals surface area contributed by atoms with Crippen LogP contribution in [0.15, 0.2) is 17.5 Å². The molecule has 3 unspecified atom stereocenters. The minimum absolute atomic E-state index is 0.0781. The van der Waals surface area contributed by atoms with E-state index in [1.54, 1.807) is 17.4 Å². The number of likely N-dealkylation sites (tertiary alicyclic amines) is 1. The normalized spacial score (nSPS) is 30.2. The Kier molecular flexibility index (Phi) is 3.46. The minimum Gasteiger partial charge on any atom is -0.393 e. The molecule has 1 aliphatic carbocycles. The highest BCUT2D eigenvalue weighted by Gasteiger charge is 2.42. The maximum Gasteiger partial charge on any atom is 0.246 e. The van der Waals surface area contributed by atoms with Crippen molar-refractivity contribution in [1.29, 1.82) is 0 Å². The fourth-order valence-electron chi connectivity index (χ4n) is 3.22. The van der Waals surface area contributed by atoms with Gasteiger partial charge in [0.05, 0.1) is 6.10 Å². The van der Waals surface area contributed by atoms with Crippen molar-refractivity contribution in [3.63, 3.8) is 0 Å². The average Bonchev–Trinajstić information content (AvgIpc) is 3.05. The Bertz CT molecular complexity index is 508. The number of thiophene rings is 1. The highest BCUT2D eigenvalue weighted by Crippen LogP contribution is 2.38. The number of hydrogen-bond donors (Lipinski definition) is 1. The standard InChI is InChI=1S/C15H19NO2S/c1-10-6-7-19-14(10)4-5-15(18)16-8-11-2-3-13(17)12(11)9-16/h4-7,11-13,17H,2-3,8-9H2,1H3/b5-4+. The molecule has 19 heavy (non-hydrogen) atoms. The predicted octanol–water partition coefficient (Wildman–Crippen LogP) is 2.30. The van der Waals surface area contributed by atoms with Gasteiger partial charge in [-0.1, -0.05) is 0 Å². The number of carbonyl (C=O) groups excluding carboxylic acids is 1. The van der Waals surface area contributed by atoms with Gasteiger partial charge in [-0.15, -0.1) is 11.3 Å². The van der Waals surface area contributed by atoms with Gasteiger partial charge in [-0.3, -0.25) is 4.79 Å². The molecule has 102 valence electrons. The van der Waals surface area contributed by atoms with Crippen LogP contribution in [0.25, 0.3) is 6.08 Å². The summed E-state index contributed by atoms with van der Waals surface area (Å²) in [7, 11) is 0. The van der Waals surface area contributed by atoms with Crippen LogP contribution in [0.1, 0.15) is 23.3 Å². The molecular weight excluding hydrogens is 258 g/mol. The zero-order valence-electron chi connectivity index (χ0n) is 11.1. The second-order valence-electron chi connectivity index (χ2n) is 5.61. The fraction of sp³-hybridized carbons (Fsp3) is 0.533. The zero-order chi connectivity index (χ0) is 13.4. The first-order chi connectivity index (χ1) is 9.15. The Morgan fingerprint density at radius 3 is 3.00 bits per heavy atom. The molecule has 2 aliphatic rings. The summed E-state index contributed by atoms with van der Waals surface area (Å²) in [6.07, 6.45) is 5.34. The summed E-state index contributed by atoms with van der Waals surface area (Å²) in [4.78, 5) is 15.2. The topological polar surface area (TPSA) is 40.5 Å². The monoisotopic (exact) mass is 277 g/mol. The van der Waals surface area contributed by atoms with Gasteiger partial charge in [-0.05, 0) is 48.8 Å². The third-order valence-electron chi connectivity index (χ3n) is 4.41. The third-order valence-corrected chi connectivity index (χ3v) is 5.39. The first-order valence-electron chi connectivity index (χ1n) is 6.84. The van der Waals surface area contributed by atoms with Crippen molar-refractivity contribution < 1.29 is 9.90 Å². The minimum atomic E-state index is -0.202. The van der Waals surface area contributed by atoms with Crippen molar-refractivity contribution in [3.05, 3.63) is 28.0 Å². The maximum atomic E-state index is 12.2. The molecule has 0 bridgehead atoms. The summed E-state index contributed by atoms with van der Waals surface area (Å²) < 4.78 is 0. The highest BCUT2D eigenvalue weighted by atomic mass is 32.1. The molecule has 1 saturated heterocycles. The van der Waals surface area contributed by atoms with E-state index in [9.17, 15) is 9.90 Å². The lowest BCUT2D eigenvalue weighted by Crippen LogP contribution is -2.29. The van der Waals surface area contributed by atoms with Crippen molar-refractivity contribution >= 4 is 23.3 Å². The van der Waals surface area contributed by atoms with Crippen LogP contribution in [-0.2, 0) is 4.79 Å². The van der Waals surface area contributed by atoms with E-state index in [2.05, 4.69) is 13.0 Å². The molecule has 2 fully saturated rings. The quantitative estimate of drug-likeness (QED) is 0.843. The first kappa shape index (κ1) is 12.9. The van der Waals surface area contributed by atoms with Gasteiger partial charge < -0.3 is 10.0 Å². The lowest BCUT2D eigenvalue weighted by atomic mass is 10.00. The van der Waals surface area contributed by atoms with Gasteiger partial charge in [0.1, 0.15) is 0 Å². The Hall–Kier alpha value is -1.13. The fourth-order valence-corrected chi connectivity index (χ4v) is 4.04. The van der Waals surface area contributed by atoms with Gasteiger partial charge in [0, 0.05) is 30.0 Å². The summed E-state index contributed by atoms with van der Waals surface area (Å²) in [6.45, 7) is 3.59. The number of aliphatic hydroxyl groups excluding tert-OH is 1. The molecule has 0 aromatic carbocycles. The number of aryl methyl sites for hydroxylation is 1. The summed E-state index contributed by atoms with van der Waals surface area (Å²) in [5.74, 6) is 0.894. The number of hydrogen-bond acceptors (Lipinski definition) is 3. The van der Waals surface area contributed by atoms with Crippen molar-refractivity contribution in [2.24, 2.45) is 11.8 Å². The van der Waals surface area contributed by atoms with Crippen molar-refractivity contribution in [1.82, 2.24) is 4.90 Å². The number of aliphatic hydroxyl groups is 1. The Balaban J connectivity index is 1.63. The molecule has 1 aromatic heterocycles. The number of carbonyl (C=O) groups is 1. The van der Waals surface area contributed by atoms with Crippen LogP contribution < -0.4 is 0 Å². The molecule has 3 rings (SSSR count).